The van der Waals surface area contributed by atoms with Gasteiger partial charge in [-0.05, 0) is 25.5 Å². The summed E-state index contributed by atoms with van der Waals surface area (Å²) in [6.45, 7) is 7.92. The lowest BCUT2D eigenvalue weighted by Crippen LogP contribution is -2.51. The van der Waals surface area contributed by atoms with E-state index < -0.39 is 0 Å². The summed E-state index contributed by atoms with van der Waals surface area (Å²) in [6, 6.07) is 7.41. The summed E-state index contributed by atoms with van der Waals surface area (Å²) in [7, 11) is 0. The standard InChI is InChI=1S/C18H27ClN4O2/c1-3-14(2)20-17(24)12-22-8-10-23(11-9-22)13-18(25)21-16-7-5-4-6-15(16)19/h4-7,14H,3,8-13H2,1-2H3,(H,20,24)(H,21,25)/t14-/m1/s1. The Morgan fingerprint density at radius 3 is 2.20 bits per heavy atom. The van der Waals surface area contributed by atoms with Gasteiger partial charge in [-0.2, -0.15) is 0 Å². The predicted octanol–water partition coefficient (Wildman–Crippen LogP) is 1.81. The normalized spacial score (nSPS) is 17.1. The number of benzene rings is 1. The van der Waals surface area contributed by atoms with E-state index in [1.165, 1.54) is 0 Å². The molecule has 6 nitrogen and oxygen atoms in total. The highest BCUT2D eigenvalue weighted by Gasteiger charge is 2.21. The zero-order valence-corrected chi connectivity index (χ0v) is 15.7. The lowest BCUT2D eigenvalue weighted by molar-refractivity contribution is -0.124. The van der Waals surface area contributed by atoms with Crippen molar-refractivity contribution in [2.24, 2.45) is 0 Å². The van der Waals surface area contributed by atoms with E-state index >= 15 is 0 Å². The molecule has 1 fully saturated rings. The zero-order valence-electron chi connectivity index (χ0n) is 14.9. The van der Waals surface area contributed by atoms with Gasteiger partial charge in [-0.3, -0.25) is 19.4 Å². The molecule has 0 aliphatic carbocycles. The molecule has 0 unspecified atom stereocenters. The molecule has 7 heteroatoms. The summed E-state index contributed by atoms with van der Waals surface area (Å²) in [5.41, 5.74) is 0.634. The molecule has 0 radical (unpaired) electrons. The second-order valence-electron chi connectivity index (χ2n) is 6.46. The Balaban J connectivity index is 1.70. The topological polar surface area (TPSA) is 64.7 Å². The Bertz CT molecular complexity index is 588. The molecule has 0 aromatic heterocycles. The van der Waals surface area contributed by atoms with E-state index in [-0.39, 0.29) is 17.9 Å². The number of hydrogen-bond donors (Lipinski definition) is 2. The number of rotatable bonds is 7. The Labute approximate surface area is 154 Å². The van der Waals surface area contributed by atoms with E-state index in [1.807, 2.05) is 19.1 Å². The van der Waals surface area contributed by atoms with Gasteiger partial charge >= 0.3 is 0 Å². The van der Waals surface area contributed by atoms with Gasteiger partial charge in [-0.15, -0.1) is 0 Å². The number of halogens is 1. The summed E-state index contributed by atoms with van der Waals surface area (Å²) in [5.74, 6) is -0.00433. The first-order chi connectivity index (χ1) is 12.0. The lowest BCUT2D eigenvalue weighted by Gasteiger charge is -2.34. The quantitative estimate of drug-likeness (QED) is 0.772. The smallest absolute Gasteiger partial charge is 0.238 e. The van der Waals surface area contributed by atoms with Crippen LogP contribution in [0.1, 0.15) is 20.3 Å². The van der Waals surface area contributed by atoms with E-state index in [2.05, 4.69) is 27.4 Å². The van der Waals surface area contributed by atoms with Crippen LogP contribution >= 0.6 is 11.6 Å². The number of amides is 2. The van der Waals surface area contributed by atoms with Gasteiger partial charge < -0.3 is 10.6 Å². The van der Waals surface area contributed by atoms with Gasteiger partial charge in [0.25, 0.3) is 0 Å². The molecule has 0 saturated carbocycles. The number of para-hydroxylation sites is 1. The van der Waals surface area contributed by atoms with Crippen molar-refractivity contribution in [3.8, 4) is 0 Å². The minimum absolute atomic E-state index is 0.0688. The third kappa shape index (κ3) is 6.65. The molecular weight excluding hydrogens is 340 g/mol. The van der Waals surface area contributed by atoms with Crippen LogP contribution in [0.3, 0.4) is 0 Å². The molecule has 2 rings (SSSR count). The molecule has 2 N–H and O–H groups in total. The van der Waals surface area contributed by atoms with Crippen LogP contribution in [0.25, 0.3) is 0 Å². The maximum atomic E-state index is 12.2. The van der Waals surface area contributed by atoms with Crippen LogP contribution < -0.4 is 10.6 Å². The molecule has 0 bridgehead atoms. The fraction of sp³-hybridized carbons (Fsp3) is 0.556. The number of carbonyl (C=O) groups excluding carboxylic acids is 2. The van der Waals surface area contributed by atoms with Crippen molar-refractivity contribution in [2.75, 3.05) is 44.6 Å². The van der Waals surface area contributed by atoms with Crippen molar-refractivity contribution in [1.29, 1.82) is 0 Å². The first-order valence-corrected chi connectivity index (χ1v) is 9.14. The molecule has 1 aliphatic heterocycles. The van der Waals surface area contributed by atoms with Crippen LogP contribution in [-0.2, 0) is 9.59 Å². The first kappa shape index (κ1) is 19.7. The molecule has 1 aliphatic rings. The van der Waals surface area contributed by atoms with Gasteiger partial charge in [0.2, 0.25) is 11.8 Å². The summed E-state index contributed by atoms with van der Waals surface area (Å²) in [6.07, 6.45) is 0.931. The van der Waals surface area contributed by atoms with E-state index in [0.717, 1.165) is 32.6 Å². The molecule has 1 atom stereocenters. The number of nitrogens with zero attached hydrogens (tertiary/aromatic N) is 2. The monoisotopic (exact) mass is 366 g/mol. The van der Waals surface area contributed by atoms with Gasteiger partial charge in [0.05, 0.1) is 23.8 Å². The van der Waals surface area contributed by atoms with E-state index in [1.54, 1.807) is 12.1 Å². The van der Waals surface area contributed by atoms with Crippen LogP contribution in [-0.4, -0.2) is 66.9 Å². The molecule has 0 spiro atoms. The second kappa shape index (κ2) is 9.75. The van der Waals surface area contributed by atoms with Gasteiger partial charge in [0.15, 0.2) is 0 Å². The maximum absolute atomic E-state index is 12.2. The summed E-state index contributed by atoms with van der Waals surface area (Å²) in [5, 5.41) is 6.36. The SMILES string of the molecule is CC[C@@H](C)NC(=O)CN1CCN(CC(=O)Nc2ccccc2Cl)CC1. The van der Waals surface area contributed by atoms with Crippen LogP contribution in [0.15, 0.2) is 24.3 Å². The Morgan fingerprint density at radius 2 is 1.64 bits per heavy atom. The van der Waals surface area contributed by atoms with Gasteiger partial charge in [-0.25, -0.2) is 0 Å². The highest BCUT2D eigenvalue weighted by molar-refractivity contribution is 6.33. The van der Waals surface area contributed by atoms with Crippen molar-refractivity contribution in [3.05, 3.63) is 29.3 Å². The summed E-state index contributed by atoms with van der Waals surface area (Å²) < 4.78 is 0. The average Bonchev–Trinajstić information content (AvgIpc) is 2.58. The summed E-state index contributed by atoms with van der Waals surface area (Å²) >= 11 is 6.05. The fourth-order valence-corrected chi connectivity index (χ4v) is 2.87. The van der Waals surface area contributed by atoms with Crippen LogP contribution in [0.5, 0.6) is 0 Å². The number of anilines is 1. The minimum Gasteiger partial charge on any atom is -0.353 e. The minimum atomic E-state index is -0.0731. The van der Waals surface area contributed by atoms with Crippen molar-refractivity contribution in [1.82, 2.24) is 15.1 Å². The third-order valence-corrected chi connectivity index (χ3v) is 4.70. The zero-order chi connectivity index (χ0) is 18.2. The average molecular weight is 367 g/mol. The van der Waals surface area contributed by atoms with E-state index in [9.17, 15) is 9.59 Å². The number of carbonyl (C=O) groups is 2. The highest BCUT2D eigenvalue weighted by Crippen LogP contribution is 2.20. The van der Waals surface area contributed by atoms with Gasteiger partial charge in [0, 0.05) is 32.2 Å². The third-order valence-electron chi connectivity index (χ3n) is 4.37. The Kier molecular flexibility index (Phi) is 7.68. The largest absolute Gasteiger partial charge is 0.353 e. The summed E-state index contributed by atoms with van der Waals surface area (Å²) in [4.78, 5) is 28.3. The van der Waals surface area contributed by atoms with E-state index in [0.29, 0.717) is 23.8 Å². The van der Waals surface area contributed by atoms with Gasteiger partial charge in [-0.1, -0.05) is 30.7 Å². The second-order valence-corrected chi connectivity index (χ2v) is 6.86. The van der Waals surface area contributed by atoms with Crippen molar-refractivity contribution >= 4 is 29.1 Å². The highest BCUT2D eigenvalue weighted by atomic mass is 35.5. The molecule has 25 heavy (non-hydrogen) atoms. The van der Waals surface area contributed by atoms with Crippen molar-refractivity contribution in [3.63, 3.8) is 0 Å². The molecule has 138 valence electrons. The molecule has 1 saturated heterocycles. The molecule has 1 aromatic carbocycles. The number of hydrogen-bond acceptors (Lipinski definition) is 4. The molecule has 1 aromatic rings. The molecular formula is C18H27ClN4O2. The van der Waals surface area contributed by atoms with Gasteiger partial charge in [0.1, 0.15) is 0 Å². The predicted molar refractivity (Wildman–Crippen MR) is 101 cm³/mol. The lowest BCUT2D eigenvalue weighted by atomic mass is 10.2. The van der Waals surface area contributed by atoms with Crippen molar-refractivity contribution < 1.29 is 9.59 Å². The maximum Gasteiger partial charge on any atom is 0.238 e. The molecule has 2 amide bonds. The Hall–Kier alpha value is -1.63. The fourth-order valence-electron chi connectivity index (χ4n) is 2.69. The number of piperazine rings is 1. The van der Waals surface area contributed by atoms with E-state index in [4.69, 9.17) is 11.6 Å². The first-order valence-electron chi connectivity index (χ1n) is 8.76. The van der Waals surface area contributed by atoms with Crippen LogP contribution in [0, 0.1) is 0 Å². The van der Waals surface area contributed by atoms with Crippen molar-refractivity contribution in [2.45, 2.75) is 26.3 Å². The number of nitrogens with one attached hydrogen (secondary N) is 2. The van der Waals surface area contributed by atoms with Crippen LogP contribution in [0.2, 0.25) is 5.02 Å². The van der Waals surface area contributed by atoms with Crippen LogP contribution in [0.4, 0.5) is 5.69 Å². The molecule has 1 heterocycles. The Morgan fingerprint density at radius 1 is 1.08 bits per heavy atom.